The second kappa shape index (κ2) is 65.1. The van der Waals surface area contributed by atoms with Crippen molar-refractivity contribution >= 4 is 41.8 Å². The second-order valence-electron chi connectivity index (χ2n) is 35.0. The van der Waals surface area contributed by atoms with Gasteiger partial charge in [0, 0.05) is 13.2 Å². The average molecular weight is 1750 g/mol. The summed E-state index contributed by atoms with van der Waals surface area (Å²) in [5.41, 5.74) is 3.98. The maximum atomic E-state index is 13.6. The minimum atomic E-state index is -0.446. The Balaban J connectivity index is 0.570. The molecule has 2 saturated carbocycles. The first kappa shape index (κ1) is 103. The van der Waals surface area contributed by atoms with Crippen molar-refractivity contribution in [3.05, 3.63) is 143 Å². The van der Waals surface area contributed by atoms with Crippen molar-refractivity contribution in [2.24, 2.45) is 11.8 Å². The van der Waals surface area contributed by atoms with Crippen molar-refractivity contribution in [1.82, 2.24) is 0 Å². The van der Waals surface area contributed by atoms with E-state index >= 15 is 0 Å². The standard InChI is InChI=1S/C106H154O20/c1-3-5-25-39-84-42-46-86(47-43-84)88-50-62-94(63-51-88)125-104(111)90-54-58-92(59-55-90)114-72-28-15-7-11-19-32-76-118-99(107)68-69-101(109)120-78-34-21-13-9-17-30-74-116-96-66-67-98(97(83-96)106(113)124-82-37-24-23-36-80-122-103-41-27-38-81-123-103)117-75-31-18-10-14-22-35-79-121-102(110)71-70-100(108)119-77-33-20-12-8-16-29-73-115-93-60-56-91(57-61-93)105(112)126-95-64-52-89(53-65-95)87-48-44-85(45-49-87)40-26-6-4-2/h50-67,83-87,103H,3-49,68-82H2,1-2H3/t84-,85-,86-,87-,103?. The molecule has 0 aromatic heterocycles. The maximum Gasteiger partial charge on any atom is 0.343 e. The van der Waals surface area contributed by atoms with E-state index in [-0.39, 0.29) is 55.9 Å². The maximum absolute atomic E-state index is 13.6. The molecule has 20 nitrogen and oxygen atoms in total. The van der Waals surface area contributed by atoms with Gasteiger partial charge in [0.05, 0.1) is 96.3 Å². The molecule has 1 aliphatic heterocycles. The van der Waals surface area contributed by atoms with Gasteiger partial charge < -0.3 is 61.6 Å². The van der Waals surface area contributed by atoms with Crippen LogP contribution in [0.25, 0.3) is 0 Å². The molecule has 3 fully saturated rings. The minimum Gasteiger partial charge on any atom is -0.494 e. The van der Waals surface area contributed by atoms with Crippen molar-refractivity contribution in [2.45, 2.75) is 359 Å². The molecule has 126 heavy (non-hydrogen) atoms. The van der Waals surface area contributed by atoms with E-state index in [0.29, 0.717) is 129 Å². The largest absolute Gasteiger partial charge is 0.494 e. The lowest BCUT2D eigenvalue weighted by atomic mass is 9.77. The number of rotatable bonds is 69. The van der Waals surface area contributed by atoms with Crippen LogP contribution in [-0.4, -0.2) is 121 Å². The van der Waals surface area contributed by atoms with E-state index in [1.165, 1.54) is 114 Å². The van der Waals surface area contributed by atoms with Crippen LogP contribution in [0.1, 0.15) is 395 Å². The topological polar surface area (TPSA) is 239 Å². The molecule has 0 amide bonds. The van der Waals surface area contributed by atoms with Gasteiger partial charge in [-0.3, -0.25) is 19.2 Å². The van der Waals surface area contributed by atoms with Crippen molar-refractivity contribution in [2.75, 3.05) is 72.7 Å². The quantitative estimate of drug-likeness (QED) is 0.0152. The summed E-state index contributed by atoms with van der Waals surface area (Å²) >= 11 is 0. The molecule has 1 unspecified atom stereocenters. The normalized spacial score (nSPS) is 16.3. The summed E-state index contributed by atoms with van der Waals surface area (Å²) in [6, 6.07) is 35.7. The molecule has 1 heterocycles. The van der Waals surface area contributed by atoms with Gasteiger partial charge in [0.25, 0.3) is 0 Å². The Morgan fingerprint density at radius 2 is 0.619 bits per heavy atom. The van der Waals surface area contributed by atoms with E-state index in [4.69, 9.17) is 61.6 Å². The number of ether oxygens (including phenoxy) is 13. The van der Waals surface area contributed by atoms with Gasteiger partial charge in [-0.2, -0.15) is 0 Å². The highest BCUT2D eigenvalue weighted by molar-refractivity contribution is 5.93. The summed E-state index contributed by atoms with van der Waals surface area (Å²) in [4.78, 5) is 88.9. The zero-order valence-electron chi connectivity index (χ0n) is 76.9. The Morgan fingerprint density at radius 1 is 0.294 bits per heavy atom. The molecule has 0 bridgehead atoms. The smallest absolute Gasteiger partial charge is 0.343 e. The molecule has 3 aliphatic rings. The summed E-state index contributed by atoms with van der Waals surface area (Å²) in [6.45, 7) is 9.64. The van der Waals surface area contributed by atoms with E-state index in [1.54, 1.807) is 36.4 Å². The van der Waals surface area contributed by atoms with Crippen LogP contribution in [0.15, 0.2) is 115 Å². The number of carbonyl (C=O) groups excluding carboxylic acids is 7. The first-order chi connectivity index (χ1) is 61.9. The van der Waals surface area contributed by atoms with Gasteiger partial charge >= 0.3 is 41.8 Å². The second-order valence-corrected chi connectivity index (χ2v) is 35.0. The van der Waals surface area contributed by atoms with E-state index in [0.717, 1.165) is 217 Å². The lowest BCUT2D eigenvalue weighted by Crippen LogP contribution is -2.22. The lowest BCUT2D eigenvalue weighted by Gasteiger charge is -2.29. The Hall–Kier alpha value is -8.49. The third-order valence-corrected chi connectivity index (χ3v) is 24.7. The number of esters is 7. The molecule has 8 rings (SSSR count). The fourth-order valence-corrected chi connectivity index (χ4v) is 16.8. The van der Waals surface area contributed by atoms with Crippen molar-refractivity contribution in [3.63, 3.8) is 0 Å². The molecule has 1 atom stereocenters. The first-order valence-electron chi connectivity index (χ1n) is 49.4. The highest BCUT2D eigenvalue weighted by atomic mass is 16.7. The van der Waals surface area contributed by atoms with Crippen LogP contribution >= 0.6 is 0 Å². The zero-order chi connectivity index (χ0) is 88.7. The molecule has 0 N–H and O–H groups in total. The van der Waals surface area contributed by atoms with Crippen molar-refractivity contribution < 1.29 is 95.1 Å². The predicted molar refractivity (Wildman–Crippen MR) is 493 cm³/mol. The summed E-state index contributed by atoms with van der Waals surface area (Å²) < 4.78 is 74.5. The van der Waals surface area contributed by atoms with E-state index in [1.807, 2.05) is 54.6 Å². The van der Waals surface area contributed by atoms with Crippen molar-refractivity contribution in [3.8, 4) is 34.5 Å². The monoisotopic (exact) mass is 1750 g/mol. The van der Waals surface area contributed by atoms with Crippen LogP contribution in [0, 0.1) is 11.8 Å². The van der Waals surface area contributed by atoms with Crippen LogP contribution in [0.2, 0.25) is 0 Å². The van der Waals surface area contributed by atoms with Crippen LogP contribution in [0.3, 0.4) is 0 Å². The third kappa shape index (κ3) is 45.0. The van der Waals surface area contributed by atoms with Gasteiger partial charge in [0.1, 0.15) is 40.1 Å². The van der Waals surface area contributed by atoms with Crippen LogP contribution < -0.4 is 28.4 Å². The molecule has 20 heteroatoms. The molecule has 1 saturated heterocycles. The fourth-order valence-electron chi connectivity index (χ4n) is 16.8. The molecular formula is C106H154O20. The van der Waals surface area contributed by atoms with Gasteiger partial charge in [0.2, 0.25) is 0 Å². The third-order valence-electron chi connectivity index (χ3n) is 24.7. The van der Waals surface area contributed by atoms with Gasteiger partial charge in [-0.15, -0.1) is 0 Å². The highest BCUT2D eigenvalue weighted by Gasteiger charge is 2.26. The van der Waals surface area contributed by atoms with Gasteiger partial charge in [-0.1, -0.05) is 199 Å². The molecule has 5 aromatic rings. The van der Waals surface area contributed by atoms with Crippen LogP contribution in [0.4, 0.5) is 0 Å². The molecule has 2 aliphatic carbocycles. The molecular weight excluding hydrogens is 1590 g/mol. The van der Waals surface area contributed by atoms with E-state index in [2.05, 4.69) is 38.1 Å². The SMILES string of the molecule is CCCCC[C@H]1CC[C@H](c2ccc(OC(=O)c3ccc(OCCCCCCCCOC(=O)CCC(=O)OCCCCCCCCOc4ccc(OCCCCCCCCOC(=O)CCC(=O)OCCCCCCCCOc5ccc(C(=O)Oc6ccc([C@H]7CC[C@H](CCCCC)CC7)cc6)cc5)c(C(=O)OCCCCCCOC5CCCCO5)c4)cc3)cc2)CC1. The number of benzene rings is 5. The van der Waals surface area contributed by atoms with Gasteiger partial charge in [0.15, 0.2) is 6.29 Å². The van der Waals surface area contributed by atoms with E-state index in [9.17, 15) is 33.6 Å². The molecule has 0 spiro atoms. The summed E-state index contributed by atoms with van der Waals surface area (Å²) in [6.07, 6.45) is 49.7. The molecule has 0 radical (unpaired) electrons. The average Bonchev–Trinajstić information content (AvgIpc) is 0.851. The lowest BCUT2D eigenvalue weighted by molar-refractivity contribution is -0.162. The first-order valence-corrected chi connectivity index (χ1v) is 49.4. The minimum absolute atomic E-state index is 0.000465. The predicted octanol–water partition coefficient (Wildman–Crippen LogP) is 26.1. The summed E-state index contributed by atoms with van der Waals surface area (Å²) in [7, 11) is 0. The number of carbonyl (C=O) groups is 7. The summed E-state index contributed by atoms with van der Waals surface area (Å²) in [5.74, 6) is 3.73. The Labute approximate surface area is 754 Å². The van der Waals surface area contributed by atoms with Gasteiger partial charge in [-0.05, 0) is 267 Å². The molecule has 698 valence electrons. The Morgan fingerprint density at radius 3 is 0.984 bits per heavy atom. The number of hydrogen-bond donors (Lipinski definition) is 0. The summed E-state index contributed by atoms with van der Waals surface area (Å²) in [5, 5.41) is 0. The van der Waals surface area contributed by atoms with Crippen molar-refractivity contribution in [1.29, 1.82) is 0 Å². The van der Waals surface area contributed by atoms with Crippen LogP contribution in [-0.2, 0) is 52.3 Å². The molecule has 5 aromatic carbocycles. The Bertz CT molecular complexity index is 3740. The highest BCUT2D eigenvalue weighted by Crippen LogP contribution is 2.40. The van der Waals surface area contributed by atoms with Gasteiger partial charge in [-0.25, -0.2) is 14.4 Å². The van der Waals surface area contributed by atoms with E-state index < -0.39 is 17.9 Å². The Kier molecular flexibility index (Phi) is 53.2. The van der Waals surface area contributed by atoms with Crippen LogP contribution in [0.5, 0.6) is 34.5 Å². The number of hydrogen-bond acceptors (Lipinski definition) is 20. The zero-order valence-corrected chi connectivity index (χ0v) is 76.9. The fraction of sp³-hybridized carbons (Fsp3) is 0.651. The number of unbranched alkanes of at least 4 members (excludes halogenated alkanes) is 27.